The molecule has 0 unspecified atom stereocenters. The van der Waals surface area contributed by atoms with E-state index < -0.39 is 5.56 Å². The number of aromatic nitrogens is 3. The maximum absolute atomic E-state index is 13.0. The lowest BCUT2D eigenvalue weighted by atomic mass is 10.0. The average Bonchev–Trinajstić information content (AvgIpc) is 3.19. The van der Waals surface area contributed by atoms with E-state index in [0.717, 1.165) is 18.4 Å². The molecule has 6 nitrogen and oxygen atoms in total. The molecule has 2 aromatic heterocycles. The molecule has 1 saturated heterocycles. The quantitative estimate of drug-likeness (QED) is 0.791. The van der Waals surface area contributed by atoms with Gasteiger partial charge in [-0.1, -0.05) is 30.3 Å². The van der Waals surface area contributed by atoms with Gasteiger partial charge in [-0.3, -0.25) is 14.6 Å². The summed E-state index contributed by atoms with van der Waals surface area (Å²) in [5.41, 5.74) is 1.43. The highest BCUT2D eigenvalue weighted by Crippen LogP contribution is 2.32. The van der Waals surface area contributed by atoms with Crippen LogP contribution in [0.4, 0.5) is 0 Å². The predicted molar refractivity (Wildman–Crippen MR) is 97.5 cm³/mol. The number of aromatic amines is 1. The topological polar surface area (TPSA) is 79.0 Å². The van der Waals surface area contributed by atoms with Crippen molar-refractivity contribution in [3.63, 3.8) is 0 Å². The van der Waals surface area contributed by atoms with Gasteiger partial charge in [0, 0.05) is 30.7 Å². The molecule has 1 atom stereocenters. The van der Waals surface area contributed by atoms with E-state index in [2.05, 4.69) is 15.0 Å². The van der Waals surface area contributed by atoms with E-state index >= 15 is 0 Å². The first-order valence-corrected chi connectivity index (χ1v) is 8.59. The van der Waals surface area contributed by atoms with Gasteiger partial charge in [-0.2, -0.15) is 0 Å². The van der Waals surface area contributed by atoms with Crippen molar-refractivity contribution in [2.24, 2.45) is 0 Å². The molecule has 1 aromatic carbocycles. The van der Waals surface area contributed by atoms with Gasteiger partial charge in [-0.15, -0.1) is 0 Å². The van der Waals surface area contributed by atoms with Crippen molar-refractivity contribution < 1.29 is 4.79 Å². The molecule has 130 valence electrons. The number of likely N-dealkylation sites (tertiary alicyclic amines) is 1. The SMILES string of the molecule is O=C(c1cnc(-c2cccnc2)[nH]c1=O)N1CCC[C@@H]1c1ccccc1. The molecular formula is C20H18N4O2. The number of hydrogen-bond acceptors (Lipinski definition) is 4. The summed E-state index contributed by atoms with van der Waals surface area (Å²) >= 11 is 0. The van der Waals surface area contributed by atoms with E-state index in [9.17, 15) is 9.59 Å². The van der Waals surface area contributed by atoms with Crippen molar-refractivity contribution in [3.8, 4) is 11.4 Å². The summed E-state index contributed by atoms with van der Waals surface area (Å²) in [6, 6.07) is 13.5. The maximum atomic E-state index is 13.0. The van der Waals surface area contributed by atoms with E-state index in [1.165, 1.54) is 6.20 Å². The summed E-state index contributed by atoms with van der Waals surface area (Å²) in [5, 5.41) is 0. The fourth-order valence-corrected chi connectivity index (χ4v) is 3.38. The van der Waals surface area contributed by atoms with Gasteiger partial charge in [-0.05, 0) is 30.5 Å². The number of carbonyl (C=O) groups excluding carboxylic acids is 1. The first kappa shape index (κ1) is 16.2. The average molecular weight is 346 g/mol. The van der Waals surface area contributed by atoms with Crippen LogP contribution in [0.5, 0.6) is 0 Å². The number of nitrogens with one attached hydrogen (secondary N) is 1. The van der Waals surface area contributed by atoms with Gasteiger partial charge in [0.15, 0.2) is 0 Å². The maximum Gasteiger partial charge on any atom is 0.264 e. The Labute approximate surface area is 150 Å². The van der Waals surface area contributed by atoms with Crippen molar-refractivity contribution in [3.05, 3.63) is 82.5 Å². The van der Waals surface area contributed by atoms with Crippen LogP contribution in [-0.4, -0.2) is 32.3 Å². The van der Waals surface area contributed by atoms with Crippen LogP contribution in [0.1, 0.15) is 34.8 Å². The summed E-state index contributed by atoms with van der Waals surface area (Å²) in [6.45, 7) is 0.641. The number of carbonyl (C=O) groups is 1. The first-order chi connectivity index (χ1) is 12.7. The zero-order valence-electron chi connectivity index (χ0n) is 14.1. The lowest BCUT2D eigenvalue weighted by molar-refractivity contribution is 0.0733. The highest BCUT2D eigenvalue weighted by molar-refractivity contribution is 5.94. The van der Waals surface area contributed by atoms with Crippen LogP contribution in [0, 0.1) is 0 Å². The predicted octanol–water partition coefficient (Wildman–Crippen LogP) is 2.81. The molecule has 1 N–H and O–H groups in total. The second-order valence-corrected chi connectivity index (χ2v) is 6.28. The number of pyridine rings is 1. The zero-order chi connectivity index (χ0) is 17.9. The fourth-order valence-electron chi connectivity index (χ4n) is 3.38. The Morgan fingerprint density at radius 2 is 1.96 bits per heavy atom. The normalized spacial score (nSPS) is 16.6. The highest BCUT2D eigenvalue weighted by Gasteiger charge is 2.31. The van der Waals surface area contributed by atoms with Crippen molar-refractivity contribution in [2.75, 3.05) is 6.54 Å². The van der Waals surface area contributed by atoms with Crippen molar-refractivity contribution in [2.45, 2.75) is 18.9 Å². The second-order valence-electron chi connectivity index (χ2n) is 6.28. The molecule has 6 heteroatoms. The molecule has 26 heavy (non-hydrogen) atoms. The standard InChI is InChI=1S/C20H18N4O2/c25-19-16(13-22-18(23-19)15-8-4-10-21-12-15)20(26)24-11-5-9-17(24)14-6-2-1-3-7-14/h1-4,6-8,10,12-13,17H,5,9,11H2,(H,22,23,25)/t17-/m1/s1. The van der Waals surface area contributed by atoms with Gasteiger partial charge in [-0.25, -0.2) is 4.98 Å². The van der Waals surface area contributed by atoms with Crippen LogP contribution in [0.25, 0.3) is 11.4 Å². The largest absolute Gasteiger partial charge is 0.331 e. The van der Waals surface area contributed by atoms with Gasteiger partial charge in [0.25, 0.3) is 11.5 Å². The third-order valence-electron chi connectivity index (χ3n) is 4.66. The molecule has 3 heterocycles. The summed E-state index contributed by atoms with van der Waals surface area (Å²) in [6.07, 6.45) is 6.45. The molecule has 1 aliphatic heterocycles. The smallest absolute Gasteiger partial charge is 0.264 e. The van der Waals surface area contributed by atoms with Crippen LogP contribution in [0.2, 0.25) is 0 Å². The highest BCUT2D eigenvalue weighted by atomic mass is 16.2. The van der Waals surface area contributed by atoms with Crippen LogP contribution >= 0.6 is 0 Å². The Balaban J connectivity index is 1.63. The number of nitrogens with zero attached hydrogens (tertiary/aromatic N) is 3. The Bertz CT molecular complexity index is 970. The molecular weight excluding hydrogens is 328 g/mol. The Hall–Kier alpha value is -3.28. The summed E-state index contributed by atoms with van der Waals surface area (Å²) < 4.78 is 0. The number of hydrogen-bond donors (Lipinski definition) is 1. The lowest BCUT2D eigenvalue weighted by Gasteiger charge is -2.24. The third kappa shape index (κ3) is 3.01. The Morgan fingerprint density at radius 3 is 2.69 bits per heavy atom. The van der Waals surface area contributed by atoms with Crippen LogP contribution in [-0.2, 0) is 0 Å². The zero-order valence-corrected chi connectivity index (χ0v) is 14.1. The summed E-state index contributed by atoms with van der Waals surface area (Å²) in [4.78, 5) is 38.2. The second kappa shape index (κ2) is 6.92. The molecule has 0 aliphatic carbocycles. The van der Waals surface area contributed by atoms with E-state index in [4.69, 9.17) is 0 Å². The number of rotatable bonds is 3. The van der Waals surface area contributed by atoms with Gasteiger partial charge in [0.1, 0.15) is 11.4 Å². The van der Waals surface area contributed by atoms with Crippen molar-refractivity contribution in [1.29, 1.82) is 0 Å². The fraction of sp³-hybridized carbons (Fsp3) is 0.200. The summed E-state index contributed by atoms with van der Waals surface area (Å²) in [5.74, 6) is 0.128. The number of amides is 1. The van der Waals surface area contributed by atoms with Gasteiger partial charge in [0.05, 0.1) is 6.04 Å². The minimum Gasteiger partial charge on any atom is -0.331 e. The molecule has 1 aliphatic rings. The summed E-state index contributed by atoms with van der Waals surface area (Å²) in [7, 11) is 0. The molecule has 0 saturated carbocycles. The molecule has 1 amide bonds. The Kier molecular flexibility index (Phi) is 4.31. The molecule has 0 spiro atoms. The minimum absolute atomic E-state index is 0.00102. The van der Waals surface area contributed by atoms with E-state index in [0.29, 0.717) is 17.9 Å². The molecule has 0 bridgehead atoms. The first-order valence-electron chi connectivity index (χ1n) is 8.59. The molecule has 0 radical (unpaired) electrons. The van der Waals surface area contributed by atoms with E-state index in [1.807, 2.05) is 30.3 Å². The number of H-pyrrole nitrogens is 1. The Morgan fingerprint density at radius 1 is 1.12 bits per heavy atom. The van der Waals surface area contributed by atoms with Gasteiger partial charge in [0.2, 0.25) is 0 Å². The van der Waals surface area contributed by atoms with Crippen molar-refractivity contribution >= 4 is 5.91 Å². The van der Waals surface area contributed by atoms with Crippen LogP contribution in [0.15, 0.2) is 65.8 Å². The van der Waals surface area contributed by atoms with Gasteiger partial charge >= 0.3 is 0 Å². The number of benzene rings is 1. The lowest BCUT2D eigenvalue weighted by Crippen LogP contribution is -2.34. The van der Waals surface area contributed by atoms with Crippen LogP contribution < -0.4 is 5.56 Å². The van der Waals surface area contributed by atoms with E-state index in [1.54, 1.807) is 29.4 Å². The van der Waals surface area contributed by atoms with Crippen LogP contribution in [0.3, 0.4) is 0 Å². The van der Waals surface area contributed by atoms with E-state index in [-0.39, 0.29) is 17.5 Å². The third-order valence-corrected chi connectivity index (χ3v) is 4.66. The van der Waals surface area contributed by atoms with Crippen molar-refractivity contribution in [1.82, 2.24) is 19.9 Å². The monoisotopic (exact) mass is 346 g/mol. The minimum atomic E-state index is -0.428. The van der Waals surface area contributed by atoms with Gasteiger partial charge < -0.3 is 9.88 Å². The molecule has 1 fully saturated rings. The molecule has 3 aromatic rings. The molecule has 4 rings (SSSR count).